The van der Waals surface area contributed by atoms with E-state index < -0.39 is 5.97 Å². The van der Waals surface area contributed by atoms with E-state index in [1.807, 2.05) is 51.1 Å². The van der Waals surface area contributed by atoms with Crippen LogP contribution in [0.3, 0.4) is 0 Å². The van der Waals surface area contributed by atoms with E-state index in [2.05, 4.69) is 22.2 Å². The second-order valence-corrected chi connectivity index (χ2v) is 9.05. The standard InChI is InChI=1S/C26H35N5O4/c1-6-7-13-27-26(34)31-15-14-30(16-18(31)4)24(32)22-20(25(33)35-5)21(17(2)3)28-23(29-22)19-11-9-8-10-12-19/h8-12,17-18H,6-7,13-16H2,1-5H3,(H,27,34). The topological polar surface area (TPSA) is 105 Å². The molecule has 1 fully saturated rings. The molecule has 1 aliphatic heterocycles. The predicted octanol–water partition coefficient (Wildman–Crippen LogP) is 3.71. The fourth-order valence-electron chi connectivity index (χ4n) is 4.14. The van der Waals surface area contributed by atoms with Crippen molar-refractivity contribution < 1.29 is 19.1 Å². The summed E-state index contributed by atoms with van der Waals surface area (Å²) in [5, 5.41) is 2.94. The number of methoxy groups -OCH3 is 1. The zero-order valence-electron chi connectivity index (χ0n) is 21.2. The van der Waals surface area contributed by atoms with Crippen molar-refractivity contribution in [2.75, 3.05) is 33.3 Å². The van der Waals surface area contributed by atoms with Gasteiger partial charge in [-0.1, -0.05) is 57.5 Å². The molecule has 1 aromatic heterocycles. The van der Waals surface area contributed by atoms with Crippen LogP contribution < -0.4 is 5.32 Å². The SMILES string of the molecule is CCCCNC(=O)N1CCN(C(=O)c2nc(-c3ccccc3)nc(C(C)C)c2C(=O)OC)CC1C. The maximum absolute atomic E-state index is 13.7. The number of nitrogens with one attached hydrogen (secondary N) is 1. The number of esters is 1. The third-order valence-electron chi connectivity index (χ3n) is 6.09. The fourth-order valence-corrected chi connectivity index (χ4v) is 4.14. The van der Waals surface area contributed by atoms with E-state index in [9.17, 15) is 14.4 Å². The van der Waals surface area contributed by atoms with Gasteiger partial charge in [0.25, 0.3) is 5.91 Å². The molecule has 0 aliphatic carbocycles. The van der Waals surface area contributed by atoms with Crippen molar-refractivity contribution in [1.82, 2.24) is 25.1 Å². The Morgan fingerprint density at radius 3 is 2.46 bits per heavy atom. The number of nitrogens with zero attached hydrogens (tertiary/aromatic N) is 4. The number of hydrogen-bond acceptors (Lipinski definition) is 6. The molecule has 0 spiro atoms. The van der Waals surface area contributed by atoms with Crippen LogP contribution in [-0.2, 0) is 4.74 Å². The van der Waals surface area contributed by atoms with E-state index in [1.165, 1.54) is 7.11 Å². The summed E-state index contributed by atoms with van der Waals surface area (Å²) < 4.78 is 5.02. The Morgan fingerprint density at radius 2 is 1.86 bits per heavy atom. The van der Waals surface area contributed by atoms with Crippen molar-refractivity contribution in [2.24, 2.45) is 0 Å². The number of unbranched alkanes of at least 4 members (excludes halogenated alkanes) is 1. The van der Waals surface area contributed by atoms with Gasteiger partial charge in [-0.15, -0.1) is 0 Å². The first-order chi connectivity index (χ1) is 16.8. The number of urea groups is 1. The summed E-state index contributed by atoms with van der Waals surface area (Å²) in [4.78, 5) is 51.7. The lowest BCUT2D eigenvalue weighted by atomic mass is 10.00. The second kappa shape index (κ2) is 11.8. The molecule has 2 aromatic rings. The van der Waals surface area contributed by atoms with Gasteiger partial charge in [-0.05, 0) is 19.3 Å². The Kier molecular flexibility index (Phi) is 8.78. The van der Waals surface area contributed by atoms with E-state index in [0.717, 1.165) is 18.4 Å². The Hall–Kier alpha value is -3.49. The third-order valence-corrected chi connectivity index (χ3v) is 6.09. The highest BCUT2D eigenvalue weighted by molar-refractivity contribution is 6.05. The molecule has 1 saturated heterocycles. The number of carbonyl (C=O) groups is 3. The first-order valence-corrected chi connectivity index (χ1v) is 12.2. The first-order valence-electron chi connectivity index (χ1n) is 12.2. The molecule has 1 atom stereocenters. The van der Waals surface area contributed by atoms with Crippen LogP contribution in [0.15, 0.2) is 30.3 Å². The highest BCUT2D eigenvalue weighted by atomic mass is 16.5. The lowest BCUT2D eigenvalue weighted by Gasteiger charge is -2.39. The smallest absolute Gasteiger partial charge is 0.342 e. The molecule has 1 aromatic carbocycles. The molecule has 0 bridgehead atoms. The van der Waals surface area contributed by atoms with Crippen LogP contribution in [0.4, 0.5) is 4.79 Å². The molecular formula is C26H35N5O4. The van der Waals surface area contributed by atoms with E-state index in [1.54, 1.807) is 9.80 Å². The number of piperazine rings is 1. The minimum Gasteiger partial charge on any atom is -0.465 e. The van der Waals surface area contributed by atoms with Gasteiger partial charge in [0.15, 0.2) is 5.82 Å². The van der Waals surface area contributed by atoms with Gasteiger partial charge in [0, 0.05) is 37.8 Å². The minimum absolute atomic E-state index is 0.0300. The zero-order chi connectivity index (χ0) is 25.5. The first kappa shape index (κ1) is 26.1. The lowest BCUT2D eigenvalue weighted by molar-refractivity contribution is 0.0543. The Balaban J connectivity index is 1.94. The molecule has 188 valence electrons. The number of benzene rings is 1. The number of rotatable bonds is 7. The summed E-state index contributed by atoms with van der Waals surface area (Å²) in [7, 11) is 1.28. The molecule has 0 saturated carbocycles. The van der Waals surface area contributed by atoms with Gasteiger partial charge in [-0.25, -0.2) is 19.6 Å². The van der Waals surface area contributed by atoms with Crippen molar-refractivity contribution in [3.63, 3.8) is 0 Å². The summed E-state index contributed by atoms with van der Waals surface area (Å²) in [6.45, 7) is 9.51. The van der Waals surface area contributed by atoms with Crippen LogP contribution in [-0.4, -0.2) is 77.0 Å². The summed E-state index contributed by atoms with van der Waals surface area (Å²) in [5.74, 6) is -0.764. The zero-order valence-corrected chi connectivity index (χ0v) is 21.2. The lowest BCUT2D eigenvalue weighted by Crippen LogP contribution is -2.57. The molecular weight excluding hydrogens is 446 g/mol. The number of carbonyl (C=O) groups excluding carboxylic acids is 3. The average Bonchev–Trinajstić information content (AvgIpc) is 2.87. The molecule has 1 unspecified atom stereocenters. The van der Waals surface area contributed by atoms with E-state index in [-0.39, 0.29) is 35.2 Å². The van der Waals surface area contributed by atoms with E-state index in [4.69, 9.17) is 4.74 Å². The molecule has 9 nitrogen and oxygen atoms in total. The maximum atomic E-state index is 13.7. The molecule has 2 heterocycles. The van der Waals surface area contributed by atoms with Gasteiger partial charge in [0.05, 0.1) is 12.8 Å². The Labute approximate surface area is 206 Å². The highest BCUT2D eigenvalue weighted by Crippen LogP contribution is 2.26. The molecule has 9 heteroatoms. The molecule has 35 heavy (non-hydrogen) atoms. The van der Waals surface area contributed by atoms with Crippen molar-refractivity contribution >= 4 is 17.9 Å². The molecule has 3 rings (SSSR count). The third kappa shape index (κ3) is 5.96. The molecule has 1 N–H and O–H groups in total. The van der Waals surface area contributed by atoms with Crippen LogP contribution in [0.5, 0.6) is 0 Å². The van der Waals surface area contributed by atoms with Gasteiger partial charge in [-0.2, -0.15) is 0 Å². The predicted molar refractivity (Wildman–Crippen MR) is 133 cm³/mol. The van der Waals surface area contributed by atoms with Gasteiger partial charge < -0.3 is 19.9 Å². The van der Waals surface area contributed by atoms with Crippen molar-refractivity contribution in [3.05, 3.63) is 47.3 Å². The molecule has 1 aliphatic rings. The van der Waals surface area contributed by atoms with Crippen LogP contribution in [0.1, 0.15) is 73.0 Å². The Morgan fingerprint density at radius 1 is 1.14 bits per heavy atom. The van der Waals surface area contributed by atoms with Crippen molar-refractivity contribution in [2.45, 2.75) is 52.5 Å². The average molecular weight is 482 g/mol. The monoisotopic (exact) mass is 481 g/mol. The van der Waals surface area contributed by atoms with E-state index >= 15 is 0 Å². The van der Waals surface area contributed by atoms with Crippen LogP contribution >= 0.6 is 0 Å². The molecule has 0 radical (unpaired) electrons. The minimum atomic E-state index is -0.640. The van der Waals surface area contributed by atoms with Crippen molar-refractivity contribution in [3.8, 4) is 11.4 Å². The molecule has 3 amide bonds. The van der Waals surface area contributed by atoms with Crippen LogP contribution in [0.25, 0.3) is 11.4 Å². The quantitative estimate of drug-likeness (QED) is 0.478. The number of amides is 3. The van der Waals surface area contributed by atoms with E-state index in [0.29, 0.717) is 37.7 Å². The van der Waals surface area contributed by atoms with Crippen molar-refractivity contribution in [1.29, 1.82) is 0 Å². The number of aromatic nitrogens is 2. The number of ether oxygens (including phenoxy) is 1. The summed E-state index contributed by atoms with van der Waals surface area (Å²) in [5.41, 5.74) is 1.35. The number of hydrogen-bond donors (Lipinski definition) is 1. The second-order valence-electron chi connectivity index (χ2n) is 9.05. The van der Waals surface area contributed by atoms with Gasteiger partial charge in [0.1, 0.15) is 11.3 Å². The fraction of sp³-hybridized carbons (Fsp3) is 0.500. The highest BCUT2D eigenvalue weighted by Gasteiger charge is 2.34. The van der Waals surface area contributed by atoms with Gasteiger partial charge in [-0.3, -0.25) is 4.79 Å². The summed E-state index contributed by atoms with van der Waals surface area (Å²) in [6, 6.07) is 9.06. The van der Waals surface area contributed by atoms with Crippen LogP contribution in [0, 0.1) is 0 Å². The summed E-state index contributed by atoms with van der Waals surface area (Å²) >= 11 is 0. The summed E-state index contributed by atoms with van der Waals surface area (Å²) in [6.07, 6.45) is 1.92. The van der Waals surface area contributed by atoms with Crippen LogP contribution in [0.2, 0.25) is 0 Å². The maximum Gasteiger partial charge on any atom is 0.342 e. The largest absolute Gasteiger partial charge is 0.465 e. The normalized spacial score (nSPS) is 15.8. The van der Waals surface area contributed by atoms with Gasteiger partial charge >= 0.3 is 12.0 Å². The Bertz CT molecular complexity index is 1060. The van der Waals surface area contributed by atoms with Gasteiger partial charge in [0.2, 0.25) is 0 Å².